The topological polar surface area (TPSA) is 192 Å². The molecule has 1 aliphatic heterocycles. The van der Waals surface area contributed by atoms with E-state index in [0.29, 0.717) is 30.4 Å². The van der Waals surface area contributed by atoms with Gasteiger partial charge in [0.1, 0.15) is 58.5 Å². The number of phenols is 2. The zero-order valence-electron chi connectivity index (χ0n) is 27.5. The first-order valence-electron chi connectivity index (χ1n) is 16.6. The van der Waals surface area contributed by atoms with Crippen LogP contribution in [-0.2, 0) is 22.3 Å². The average molecular weight is 663 g/mol. The fourth-order valence-electron chi connectivity index (χ4n) is 5.72. The van der Waals surface area contributed by atoms with Gasteiger partial charge in [-0.2, -0.15) is 0 Å². The average Bonchev–Trinajstić information content (AvgIpc) is 3.04. The summed E-state index contributed by atoms with van der Waals surface area (Å²) in [5, 5.41) is 62.1. The van der Waals surface area contributed by atoms with Crippen LogP contribution in [0.4, 0.5) is 0 Å². The Kier molecular flexibility index (Phi) is 15.2. The summed E-state index contributed by atoms with van der Waals surface area (Å²) in [6.07, 6.45) is 2.22. The van der Waals surface area contributed by atoms with Crippen molar-refractivity contribution in [2.45, 2.75) is 122 Å². The summed E-state index contributed by atoms with van der Waals surface area (Å²) < 4.78 is 22.0. The van der Waals surface area contributed by atoms with Gasteiger partial charge in [0.2, 0.25) is 6.29 Å². The lowest BCUT2D eigenvalue weighted by atomic mass is 9.98. The van der Waals surface area contributed by atoms with Gasteiger partial charge < -0.3 is 49.6 Å². The zero-order chi connectivity index (χ0) is 34.5. The Hall–Kier alpha value is -3.42. The molecular formula is C35H50O12. The fourth-order valence-corrected chi connectivity index (χ4v) is 5.72. The summed E-state index contributed by atoms with van der Waals surface area (Å²) in [6.45, 7) is 3.52. The van der Waals surface area contributed by atoms with Crippen LogP contribution < -0.4 is 9.47 Å². The van der Waals surface area contributed by atoms with E-state index in [2.05, 4.69) is 13.8 Å². The highest BCUT2D eigenvalue weighted by Gasteiger charge is 2.45. The number of aromatic hydroxyl groups is 2. The number of phenolic OH excluding ortho intramolecular Hbond substituents is 2. The molecule has 1 heterocycles. The summed E-state index contributed by atoms with van der Waals surface area (Å²) in [7, 11) is 1.21. The van der Waals surface area contributed by atoms with Gasteiger partial charge in [-0.3, -0.25) is 0 Å². The highest BCUT2D eigenvalue weighted by atomic mass is 16.7. The van der Waals surface area contributed by atoms with Gasteiger partial charge in [0.25, 0.3) is 0 Å². The maximum atomic E-state index is 13.9. The molecule has 2 aromatic carbocycles. The highest BCUT2D eigenvalue weighted by Crippen LogP contribution is 2.35. The Bertz CT molecular complexity index is 1310. The molecule has 0 aliphatic carbocycles. The summed E-state index contributed by atoms with van der Waals surface area (Å²) >= 11 is 0. The Balaban J connectivity index is 1.99. The van der Waals surface area contributed by atoms with Gasteiger partial charge in [-0.25, -0.2) is 9.59 Å². The molecule has 0 saturated carbocycles. The van der Waals surface area contributed by atoms with Crippen LogP contribution in [0, 0.1) is 0 Å². The van der Waals surface area contributed by atoms with Gasteiger partial charge in [-0.1, -0.05) is 65.2 Å². The van der Waals surface area contributed by atoms with E-state index >= 15 is 0 Å². The normalized spacial score (nSPS) is 21.0. The van der Waals surface area contributed by atoms with Gasteiger partial charge in [0.05, 0.1) is 13.7 Å². The number of esters is 2. The highest BCUT2D eigenvalue weighted by molar-refractivity contribution is 5.97. The molecular weight excluding hydrogens is 612 g/mol. The van der Waals surface area contributed by atoms with Crippen molar-refractivity contribution in [3.05, 3.63) is 46.5 Å². The SMILES string of the molecule is CCCCCCCc1cc(OC(=O)c2c(CCCCCCC)cc(O)cc2O[C@@H]2O[C@H](CO)[C@@H](O)[C@H](O)[C@H]2O)cc(O)c1C(=O)OC. The molecule has 1 fully saturated rings. The zero-order valence-corrected chi connectivity index (χ0v) is 27.5. The van der Waals surface area contributed by atoms with E-state index in [9.17, 15) is 40.2 Å². The summed E-state index contributed by atoms with van der Waals surface area (Å²) in [4.78, 5) is 26.4. The molecule has 0 aromatic heterocycles. The number of aliphatic hydroxyl groups is 4. The van der Waals surface area contributed by atoms with Crippen molar-refractivity contribution in [2.24, 2.45) is 0 Å². The number of ether oxygens (including phenoxy) is 4. The largest absolute Gasteiger partial charge is 0.508 e. The minimum absolute atomic E-state index is 0.00756. The Labute approximate surface area is 275 Å². The van der Waals surface area contributed by atoms with Crippen LogP contribution >= 0.6 is 0 Å². The van der Waals surface area contributed by atoms with Crippen LogP contribution in [0.3, 0.4) is 0 Å². The predicted molar refractivity (Wildman–Crippen MR) is 172 cm³/mol. The van der Waals surface area contributed by atoms with Crippen LogP contribution in [-0.4, -0.2) is 87.0 Å². The molecule has 47 heavy (non-hydrogen) atoms. The van der Waals surface area contributed by atoms with E-state index in [-0.39, 0.29) is 28.4 Å². The molecule has 0 bridgehead atoms. The smallest absolute Gasteiger partial charge is 0.347 e. The molecule has 3 rings (SSSR count). The Morgan fingerprint density at radius 1 is 0.745 bits per heavy atom. The molecule has 1 aliphatic rings. The molecule has 12 nitrogen and oxygen atoms in total. The van der Waals surface area contributed by atoms with E-state index in [0.717, 1.165) is 69.9 Å². The van der Waals surface area contributed by atoms with Gasteiger partial charge in [0.15, 0.2) is 0 Å². The van der Waals surface area contributed by atoms with Gasteiger partial charge >= 0.3 is 11.9 Å². The van der Waals surface area contributed by atoms with Crippen molar-refractivity contribution in [1.29, 1.82) is 0 Å². The van der Waals surface area contributed by atoms with Crippen molar-refractivity contribution in [3.8, 4) is 23.0 Å². The lowest BCUT2D eigenvalue weighted by molar-refractivity contribution is -0.277. The minimum atomic E-state index is -1.76. The number of aryl methyl sites for hydroxylation is 2. The molecule has 12 heteroatoms. The molecule has 5 atom stereocenters. The van der Waals surface area contributed by atoms with Crippen molar-refractivity contribution in [3.63, 3.8) is 0 Å². The lowest BCUT2D eigenvalue weighted by Crippen LogP contribution is -2.60. The summed E-state index contributed by atoms with van der Waals surface area (Å²) in [5.41, 5.74) is 0.744. The quantitative estimate of drug-likeness (QED) is 0.0754. The predicted octanol–water partition coefficient (Wildman–Crippen LogP) is 4.31. The maximum absolute atomic E-state index is 13.9. The number of hydrogen-bond acceptors (Lipinski definition) is 12. The first-order chi connectivity index (χ1) is 22.6. The standard InChI is InChI=1S/C35H50O12/c1-4-6-8-10-12-14-21-16-23(37)18-26(46-35-32(41)31(40)30(39)27(20-36)47-35)29(21)34(43)45-24-17-22(15-13-11-9-7-5-2)28(25(38)19-24)33(42)44-3/h16-19,27,30-32,35-41H,4-15,20H2,1-3H3/t27-,30-,31+,32-,35-/m1/s1. The second kappa shape index (κ2) is 18.8. The van der Waals surface area contributed by atoms with Crippen LogP contribution in [0.15, 0.2) is 24.3 Å². The van der Waals surface area contributed by atoms with E-state index in [4.69, 9.17) is 18.9 Å². The molecule has 262 valence electrons. The van der Waals surface area contributed by atoms with Crippen LogP contribution in [0.2, 0.25) is 0 Å². The molecule has 0 unspecified atom stereocenters. The van der Waals surface area contributed by atoms with Crippen LogP contribution in [0.1, 0.15) is 110 Å². The fraction of sp³-hybridized carbons (Fsp3) is 0.600. The van der Waals surface area contributed by atoms with Crippen molar-refractivity contribution >= 4 is 11.9 Å². The third kappa shape index (κ3) is 10.3. The van der Waals surface area contributed by atoms with Crippen molar-refractivity contribution in [2.75, 3.05) is 13.7 Å². The van der Waals surface area contributed by atoms with E-state index in [1.165, 1.54) is 19.2 Å². The summed E-state index contributed by atoms with van der Waals surface area (Å²) in [5.74, 6) is -2.55. The van der Waals surface area contributed by atoms with E-state index in [1.54, 1.807) is 0 Å². The Morgan fingerprint density at radius 3 is 1.91 bits per heavy atom. The number of rotatable bonds is 18. The molecule has 0 amide bonds. The second-order valence-corrected chi connectivity index (χ2v) is 12.0. The first-order valence-corrected chi connectivity index (χ1v) is 16.6. The van der Waals surface area contributed by atoms with Crippen LogP contribution in [0.5, 0.6) is 23.0 Å². The molecule has 0 radical (unpaired) electrons. The summed E-state index contributed by atoms with van der Waals surface area (Å²) in [6, 6.07) is 5.20. The number of methoxy groups -OCH3 is 1. The molecule has 6 N–H and O–H groups in total. The third-order valence-electron chi connectivity index (χ3n) is 8.34. The Morgan fingerprint density at radius 2 is 1.34 bits per heavy atom. The number of carbonyl (C=O) groups is 2. The van der Waals surface area contributed by atoms with Gasteiger partial charge in [-0.05, 0) is 48.9 Å². The number of carbonyl (C=O) groups excluding carboxylic acids is 2. The lowest BCUT2D eigenvalue weighted by Gasteiger charge is -2.39. The van der Waals surface area contributed by atoms with Gasteiger partial charge in [0, 0.05) is 12.1 Å². The molecule has 2 aromatic rings. The number of benzene rings is 2. The molecule has 1 saturated heterocycles. The second-order valence-electron chi connectivity index (χ2n) is 12.0. The van der Waals surface area contributed by atoms with Crippen molar-refractivity contribution in [1.82, 2.24) is 0 Å². The van der Waals surface area contributed by atoms with Gasteiger partial charge in [-0.15, -0.1) is 0 Å². The monoisotopic (exact) mass is 662 g/mol. The number of aliphatic hydroxyl groups excluding tert-OH is 4. The third-order valence-corrected chi connectivity index (χ3v) is 8.34. The number of hydrogen-bond donors (Lipinski definition) is 6. The minimum Gasteiger partial charge on any atom is -0.508 e. The molecule has 0 spiro atoms. The van der Waals surface area contributed by atoms with E-state index in [1.807, 2.05) is 0 Å². The number of unbranched alkanes of at least 4 members (excludes halogenated alkanes) is 8. The van der Waals surface area contributed by atoms with E-state index < -0.39 is 55.0 Å². The first kappa shape index (κ1) is 38.0. The maximum Gasteiger partial charge on any atom is 0.347 e. The van der Waals surface area contributed by atoms with Crippen LogP contribution in [0.25, 0.3) is 0 Å². The van der Waals surface area contributed by atoms with Crippen molar-refractivity contribution < 1.29 is 59.2 Å².